The molecule has 17 heavy (non-hydrogen) atoms. The third kappa shape index (κ3) is 4.64. The van der Waals surface area contributed by atoms with Crippen LogP contribution in [0.2, 0.25) is 0 Å². The van der Waals surface area contributed by atoms with E-state index in [9.17, 15) is 0 Å². The third-order valence-corrected chi connectivity index (χ3v) is 3.80. The number of nitrogens with zero attached hydrogens (tertiary/aromatic N) is 1. The summed E-state index contributed by atoms with van der Waals surface area (Å²) in [6.45, 7) is 7.42. The zero-order valence-corrected chi connectivity index (χ0v) is 11.5. The first kappa shape index (κ1) is 14.5. The van der Waals surface area contributed by atoms with E-state index in [-0.39, 0.29) is 5.41 Å². The van der Waals surface area contributed by atoms with Crippen LogP contribution in [0.15, 0.2) is 0 Å². The quantitative estimate of drug-likeness (QED) is 0.551. The van der Waals surface area contributed by atoms with E-state index >= 15 is 0 Å². The van der Waals surface area contributed by atoms with Gasteiger partial charge in [0, 0.05) is 19.1 Å². The molecular formula is C13H27N3O. The van der Waals surface area contributed by atoms with Crippen LogP contribution >= 0.6 is 0 Å². The molecule has 0 bridgehead atoms. The van der Waals surface area contributed by atoms with Crippen molar-refractivity contribution in [2.24, 2.45) is 11.1 Å². The Hall–Kier alpha value is -0.610. The lowest BCUT2D eigenvalue weighted by Gasteiger charge is -2.32. The number of amidine groups is 1. The highest BCUT2D eigenvalue weighted by atomic mass is 16.5. The Kier molecular flexibility index (Phi) is 5.40. The lowest BCUT2D eigenvalue weighted by Crippen LogP contribution is -2.40. The van der Waals surface area contributed by atoms with E-state index in [1.54, 1.807) is 7.11 Å². The van der Waals surface area contributed by atoms with Gasteiger partial charge in [-0.25, -0.2) is 0 Å². The fourth-order valence-electron chi connectivity index (χ4n) is 2.29. The largest absolute Gasteiger partial charge is 0.387 e. The fourth-order valence-corrected chi connectivity index (χ4v) is 2.29. The second-order valence-electron chi connectivity index (χ2n) is 5.70. The summed E-state index contributed by atoms with van der Waals surface area (Å²) in [5, 5.41) is 7.53. The molecule has 0 aromatic carbocycles. The van der Waals surface area contributed by atoms with Gasteiger partial charge in [-0.1, -0.05) is 13.8 Å². The normalized spacial score (nSPS) is 22.6. The van der Waals surface area contributed by atoms with Gasteiger partial charge < -0.3 is 15.4 Å². The summed E-state index contributed by atoms with van der Waals surface area (Å²) < 4.78 is 5.41. The van der Waals surface area contributed by atoms with Gasteiger partial charge in [0.05, 0.1) is 11.9 Å². The number of nitrogens with two attached hydrogens (primary N) is 1. The van der Waals surface area contributed by atoms with Crippen molar-refractivity contribution in [1.29, 1.82) is 5.41 Å². The smallest absolute Gasteiger partial charge is 0.0963 e. The van der Waals surface area contributed by atoms with Crippen molar-refractivity contribution >= 4 is 5.84 Å². The van der Waals surface area contributed by atoms with E-state index < -0.39 is 0 Å². The number of likely N-dealkylation sites (tertiary alicyclic amines) is 1. The van der Waals surface area contributed by atoms with Crippen molar-refractivity contribution in [2.45, 2.75) is 45.6 Å². The van der Waals surface area contributed by atoms with Gasteiger partial charge in [0.1, 0.15) is 0 Å². The summed E-state index contributed by atoms with van der Waals surface area (Å²) in [7, 11) is 1.80. The van der Waals surface area contributed by atoms with E-state index in [2.05, 4.69) is 4.90 Å². The predicted molar refractivity (Wildman–Crippen MR) is 71.4 cm³/mol. The summed E-state index contributed by atoms with van der Waals surface area (Å²) in [6.07, 6.45) is 4.91. The first-order chi connectivity index (χ1) is 7.95. The molecule has 0 saturated carbocycles. The maximum Gasteiger partial charge on any atom is 0.0963 e. The van der Waals surface area contributed by atoms with Crippen molar-refractivity contribution in [2.75, 3.05) is 26.7 Å². The minimum absolute atomic E-state index is 0.156. The molecule has 1 aliphatic heterocycles. The van der Waals surface area contributed by atoms with Crippen LogP contribution in [0.3, 0.4) is 0 Å². The van der Waals surface area contributed by atoms with Crippen LogP contribution in [0.5, 0.6) is 0 Å². The molecule has 1 aliphatic rings. The van der Waals surface area contributed by atoms with Crippen molar-refractivity contribution in [3.8, 4) is 0 Å². The molecule has 0 aromatic heterocycles. The lowest BCUT2D eigenvalue weighted by atomic mass is 9.86. The third-order valence-electron chi connectivity index (χ3n) is 3.80. The van der Waals surface area contributed by atoms with Crippen LogP contribution in [0, 0.1) is 10.8 Å². The number of methoxy groups -OCH3 is 1. The Labute approximate surface area is 105 Å². The Balaban J connectivity index is 2.24. The van der Waals surface area contributed by atoms with Gasteiger partial charge in [-0.2, -0.15) is 0 Å². The van der Waals surface area contributed by atoms with Crippen LogP contribution in [0.1, 0.15) is 39.5 Å². The SMILES string of the molecule is COC1CCCN(CCCC(C)(C)C(=N)N)C1. The number of piperidine rings is 1. The molecule has 1 atom stereocenters. The highest BCUT2D eigenvalue weighted by molar-refractivity contribution is 5.82. The van der Waals surface area contributed by atoms with Gasteiger partial charge in [0.25, 0.3) is 0 Å². The molecule has 0 radical (unpaired) electrons. The molecule has 100 valence electrons. The van der Waals surface area contributed by atoms with E-state index in [1.165, 1.54) is 19.4 Å². The average molecular weight is 241 g/mol. The maximum absolute atomic E-state index is 7.53. The number of ether oxygens (including phenoxy) is 1. The van der Waals surface area contributed by atoms with Gasteiger partial charge in [-0.05, 0) is 38.8 Å². The second kappa shape index (κ2) is 6.36. The minimum Gasteiger partial charge on any atom is -0.387 e. The molecule has 0 spiro atoms. The zero-order chi connectivity index (χ0) is 12.9. The van der Waals surface area contributed by atoms with Crippen LogP contribution in [-0.2, 0) is 4.74 Å². The van der Waals surface area contributed by atoms with Crippen molar-refractivity contribution in [3.63, 3.8) is 0 Å². The summed E-state index contributed by atoms with van der Waals surface area (Å²) in [6, 6.07) is 0. The topological polar surface area (TPSA) is 62.3 Å². The van der Waals surface area contributed by atoms with Gasteiger partial charge in [-0.15, -0.1) is 0 Å². The van der Waals surface area contributed by atoms with Crippen LogP contribution < -0.4 is 5.73 Å². The number of hydrogen-bond donors (Lipinski definition) is 2. The predicted octanol–water partition coefficient (Wildman–Crippen LogP) is 1.84. The van der Waals surface area contributed by atoms with Crippen molar-refractivity contribution < 1.29 is 4.74 Å². The lowest BCUT2D eigenvalue weighted by molar-refractivity contribution is 0.0304. The standard InChI is InChI=1S/C13H27N3O/c1-13(2,12(14)15)7-5-9-16-8-4-6-11(10-16)17-3/h11H,4-10H2,1-3H3,(H3,14,15). The molecule has 0 aromatic rings. The number of rotatable bonds is 6. The molecule has 4 nitrogen and oxygen atoms in total. The fraction of sp³-hybridized carbons (Fsp3) is 0.923. The van der Waals surface area contributed by atoms with Crippen LogP contribution in [0.4, 0.5) is 0 Å². The molecular weight excluding hydrogens is 214 g/mol. The Morgan fingerprint density at radius 2 is 2.24 bits per heavy atom. The van der Waals surface area contributed by atoms with E-state index in [0.717, 1.165) is 25.9 Å². The van der Waals surface area contributed by atoms with Gasteiger partial charge in [0.2, 0.25) is 0 Å². The van der Waals surface area contributed by atoms with Gasteiger partial charge in [0.15, 0.2) is 0 Å². The molecule has 1 heterocycles. The summed E-state index contributed by atoms with van der Waals surface area (Å²) in [5.74, 6) is 0.297. The van der Waals surface area contributed by atoms with Gasteiger partial charge in [-0.3, -0.25) is 5.41 Å². The zero-order valence-electron chi connectivity index (χ0n) is 11.5. The molecule has 0 aliphatic carbocycles. The molecule has 1 unspecified atom stereocenters. The average Bonchev–Trinajstić information content (AvgIpc) is 2.29. The highest BCUT2D eigenvalue weighted by Gasteiger charge is 2.23. The van der Waals surface area contributed by atoms with E-state index in [0.29, 0.717) is 11.9 Å². The van der Waals surface area contributed by atoms with Crippen molar-refractivity contribution in [3.05, 3.63) is 0 Å². The van der Waals surface area contributed by atoms with Crippen LogP contribution in [0.25, 0.3) is 0 Å². The minimum atomic E-state index is -0.156. The van der Waals surface area contributed by atoms with Crippen LogP contribution in [-0.4, -0.2) is 43.6 Å². The highest BCUT2D eigenvalue weighted by Crippen LogP contribution is 2.22. The monoisotopic (exact) mass is 241 g/mol. The summed E-state index contributed by atoms with van der Waals surface area (Å²) in [4.78, 5) is 2.47. The number of nitrogens with one attached hydrogen (secondary N) is 1. The Morgan fingerprint density at radius 3 is 2.82 bits per heavy atom. The van der Waals surface area contributed by atoms with E-state index in [4.69, 9.17) is 15.9 Å². The Bertz CT molecular complexity index is 253. The van der Waals surface area contributed by atoms with Crippen molar-refractivity contribution in [1.82, 2.24) is 4.90 Å². The Morgan fingerprint density at radius 1 is 1.53 bits per heavy atom. The molecule has 3 N–H and O–H groups in total. The molecule has 1 saturated heterocycles. The summed E-state index contributed by atoms with van der Waals surface area (Å²) in [5.41, 5.74) is 5.43. The first-order valence-corrected chi connectivity index (χ1v) is 6.55. The number of hydrogen-bond acceptors (Lipinski definition) is 3. The molecule has 4 heteroatoms. The molecule has 1 rings (SSSR count). The molecule has 0 amide bonds. The first-order valence-electron chi connectivity index (χ1n) is 6.55. The maximum atomic E-state index is 7.53. The molecule has 1 fully saturated rings. The van der Waals surface area contributed by atoms with E-state index in [1.807, 2.05) is 13.8 Å². The summed E-state index contributed by atoms with van der Waals surface area (Å²) >= 11 is 0. The van der Waals surface area contributed by atoms with Gasteiger partial charge >= 0.3 is 0 Å². The second-order valence-corrected chi connectivity index (χ2v) is 5.70.